The molecule has 3 nitrogen and oxygen atoms in total. The van der Waals surface area contributed by atoms with Gasteiger partial charge in [-0.15, -0.1) is 0 Å². The normalized spacial score (nSPS) is 10.2. The van der Waals surface area contributed by atoms with E-state index in [2.05, 4.69) is 0 Å². The minimum Gasteiger partial charge on any atom is -0.493 e. The molecule has 0 bridgehead atoms. The fourth-order valence-corrected chi connectivity index (χ4v) is 1.63. The number of carbonyl (C=O) groups is 1. The number of rotatable bonds is 5. The van der Waals surface area contributed by atoms with Gasteiger partial charge in [-0.2, -0.15) is 0 Å². The lowest BCUT2D eigenvalue weighted by Crippen LogP contribution is -2.02. The average Bonchev–Trinajstić information content (AvgIpc) is 2.41. The van der Waals surface area contributed by atoms with E-state index in [1.54, 1.807) is 36.4 Å². The number of benzene rings is 2. The number of carboxylic acid groups (broad SMARTS) is 1. The van der Waals surface area contributed by atoms with Crippen molar-refractivity contribution < 1.29 is 19.0 Å². The van der Waals surface area contributed by atoms with Crippen molar-refractivity contribution in [2.75, 3.05) is 6.61 Å². The van der Waals surface area contributed by atoms with Crippen LogP contribution in [-0.4, -0.2) is 17.7 Å². The Kier molecular flexibility index (Phi) is 4.13. The highest BCUT2D eigenvalue weighted by Crippen LogP contribution is 2.12. The van der Waals surface area contributed by atoms with Gasteiger partial charge >= 0.3 is 5.97 Å². The second-order valence-corrected chi connectivity index (χ2v) is 4.05. The van der Waals surface area contributed by atoms with Gasteiger partial charge in [-0.3, -0.25) is 0 Å². The van der Waals surface area contributed by atoms with Crippen LogP contribution in [0.3, 0.4) is 0 Å². The summed E-state index contributed by atoms with van der Waals surface area (Å²) in [5, 5.41) is 8.77. The van der Waals surface area contributed by atoms with Crippen molar-refractivity contribution in [3.63, 3.8) is 0 Å². The van der Waals surface area contributed by atoms with Crippen molar-refractivity contribution in [1.29, 1.82) is 0 Å². The summed E-state index contributed by atoms with van der Waals surface area (Å²) in [5.74, 6) is -0.616. The van der Waals surface area contributed by atoms with Crippen LogP contribution in [0.5, 0.6) is 5.75 Å². The Balaban J connectivity index is 1.85. The van der Waals surface area contributed by atoms with E-state index in [0.717, 1.165) is 5.56 Å². The standard InChI is InChI=1S/C15H13FO3/c16-13-5-7-14(8-6-13)19-10-9-11-1-3-12(4-2-11)15(17)18/h1-8H,9-10H2,(H,17,18). The Morgan fingerprint density at radius 1 is 1.05 bits per heavy atom. The van der Waals surface area contributed by atoms with Gasteiger partial charge in [-0.05, 0) is 42.0 Å². The molecule has 0 fully saturated rings. The highest BCUT2D eigenvalue weighted by Gasteiger charge is 2.02. The smallest absolute Gasteiger partial charge is 0.335 e. The van der Waals surface area contributed by atoms with E-state index < -0.39 is 5.97 Å². The maximum atomic E-state index is 12.7. The average molecular weight is 260 g/mol. The largest absolute Gasteiger partial charge is 0.493 e. The van der Waals surface area contributed by atoms with Crippen LogP contribution in [0.15, 0.2) is 48.5 Å². The third kappa shape index (κ3) is 3.81. The molecule has 0 aromatic heterocycles. The van der Waals surface area contributed by atoms with E-state index in [1.165, 1.54) is 12.1 Å². The molecule has 0 saturated carbocycles. The van der Waals surface area contributed by atoms with Gasteiger partial charge in [0, 0.05) is 6.42 Å². The van der Waals surface area contributed by atoms with Gasteiger partial charge in [0.25, 0.3) is 0 Å². The molecule has 98 valence electrons. The topological polar surface area (TPSA) is 46.5 Å². The van der Waals surface area contributed by atoms with Crippen LogP contribution in [0.4, 0.5) is 4.39 Å². The SMILES string of the molecule is O=C(O)c1ccc(CCOc2ccc(F)cc2)cc1. The van der Waals surface area contributed by atoms with Crippen molar-refractivity contribution in [1.82, 2.24) is 0 Å². The summed E-state index contributed by atoms with van der Waals surface area (Å²) >= 11 is 0. The minimum atomic E-state index is -0.936. The molecule has 2 aromatic carbocycles. The van der Waals surface area contributed by atoms with Crippen LogP contribution < -0.4 is 4.74 Å². The Labute approximate surface area is 110 Å². The van der Waals surface area contributed by atoms with Crippen molar-refractivity contribution in [3.05, 3.63) is 65.5 Å². The lowest BCUT2D eigenvalue weighted by molar-refractivity contribution is 0.0697. The summed E-state index contributed by atoms with van der Waals surface area (Å²) in [7, 11) is 0. The van der Waals surface area contributed by atoms with E-state index in [9.17, 15) is 9.18 Å². The van der Waals surface area contributed by atoms with E-state index >= 15 is 0 Å². The first kappa shape index (κ1) is 13.1. The molecule has 0 atom stereocenters. The van der Waals surface area contributed by atoms with Crippen LogP contribution in [0.1, 0.15) is 15.9 Å². The van der Waals surface area contributed by atoms with Gasteiger partial charge < -0.3 is 9.84 Å². The number of carboxylic acids is 1. The zero-order valence-corrected chi connectivity index (χ0v) is 10.2. The van der Waals surface area contributed by atoms with Gasteiger partial charge in [0.05, 0.1) is 12.2 Å². The first-order valence-electron chi connectivity index (χ1n) is 5.86. The quantitative estimate of drug-likeness (QED) is 0.898. The van der Waals surface area contributed by atoms with E-state index in [-0.39, 0.29) is 11.4 Å². The number of hydrogen-bond acceptors (Lipinski definition) is 2. The summed E-state index contributed by atoms with van der Waals surface area (Å²) in [4.78, 5) is 10.7. The molecule has 0 radical (unpaired) electrons. The summed E-state index contributed by atoms with van der Waals surface area (Å²) in [6.45, 7) is 0.456. The third-order valence-electron chi connectivity index (χ3n) is 2.67. The molecule has 0 unspecified atom stereocenters. The first-order valence-corrected chi connectivity index (χ1v) is 5.86. The molecule has 0 spiro atoms. The maximum absolute atomic E-state index is 12.7. The minimum absolute atomic E-state index is 0.267. The summed E-state index contributed by atoms with van der Waals surface area (Å²) in [6.07, 6.45) is 0.664. The Bertz CT molecular complexity index is 547. The Morgan fingerprint density at radius 2 is 1.68 bits per heavy atom. The fourth-order valence-electron chi connectivity index (χ4n) is 1.63. The summed E-state index contributed by atoms with van der Waals surface area (Å²) < 4.78 is 18.1. The van der Waals surface area contributed by atoms with E-state index in [0.29, 0.717) is 18.8 Å². The molecule has 0 aliphatic heterocycles. The second kappa shape index (κ2) is 6.00. The van der Waals surface area contributed by atoms with Crippen LogP contribution in [0.2, 0.25) is 0 Å². The second-order valence-electron chi connectivity index (χ2n) is 4.05. The van der Waals surface area contributed by atoms with Gasteiger partial charge in [-0.1, -0.05) is 12.1 Å². The highest BCUT2D eigenvalue weighted by molar-refractivity contribution is 5.87. The van der Waals surface area contributed by atoms with Gasteiger partial charge in [-0.25, -0.2) is 9.18 Å². The molecule has 0 heterocycles. The maximum Gasteiger partial charge on any atom is 0.335 e. The molecule has 2 rings (SSSR count). The third-order valence-corrected chi connectivity index (χ3v) is 2.67. The number of halogens is 1. The molecule has 1 N–H and O–H groups in total. The fraction of sp³-hybridized carbons (Fsp3) is 0.133. The molecule has 0 saturated heterocycles. The first-order chi connectivity index (χ1) is 9.15. The lowest BCUT2D eigenvalue weighted by Gasteiger charge is -2.06. The molecule has 0 aliphatic carbocycles. The molecule has 4 heteroatoms. The van der Waals surface area contributed by atoms with Gasteiger partial charge in [0.15, 0.2) is 0 Å². The molecule has 0 aliphatic rings. The zero-order chi connectivity index (χ0) is 13.7. The van der Waals surface area contributed by atoms with Crippen LogP contribution in [-0.2, 0) is 6.42 Å². The number of aromatic carboxylic acids is 1. The van der Waals surface area contributed by atoms with Crippen molar-refractivity contribution >= 4 is 5.97 Å². The monoisotopic (exact) mass is 260 g/mol. The predicted octanol–water partition coefficient (Wildman–Crippen LogP) is 3.15. The molecule has 19 heavy (non-hydrogen) atoms. The van der Waals surface area contributed by atoms with Gasteiger partial charge in [0.1, 0.15) is 11.6 Å². The molecular formula is C15H13FO3. The highest BCUT2D eigenvalue weighted by atomic mass is 19.1. The molecular weight excluding hydrogens is 247 g/mol. The summed E-state index contributed by atoms with van der Waals surface area (Å²) in [6, 6.07) is 12.5. The van der Waals surface area contributed by atoms with Gasteiger partial charge in [0.2, 0.25) is 0 Å². The van der Waals surface area contributed by atoms with E-state index in [1.807, 2.05) is 0 Å². The molecule has 2 aromatic rings. The predicted molar refractivity (Wildman–Crippen MR) is 69.0 cm³/mol. The number of hydrogen-bond donors (Lipinski definition) is 1. The van der Waals surface area contributed by atoms with Crippen molar-refractivity contribution in [2.45, 2.75) is 6.42 Å². The van der Waals surface area contributed by atoms with Crippen LogP contribution in [0, 0.1) is 5.82 Å². The van der Waals surface area contributed by atoms with Crippen LogP contribution >= 0.6 is 0 Å². The summed E-state index contributed by atoms with van der Waals surface area (Å²) in [5.41, 5.74) is 1.26. The lowest BCUT2D eigenvalue weighted by atomic mass is 10.1. The Hall–Kier alpha value is -2.36. The van der Waals surface area contributed by atoms with E-state index in [4.69, 9.17) is 9.84 Å². The van der Waals surface area contributed by atoms with Crippen molar-refractivity contribution in [3.8, 4) is 5.75 Å². The van der Waals surface area contributed by atoms with Crippen molar-refractivity contribution in [2.24, 2.45) is 0 Å². The molecule has 0 amide bonds. The number of ether oxygens (including phenoxy) is 1. The van der Waals surface area contributed by atoms with Crippen LogP contribution in [0.25, 0.3) is 0 Å². The zero-order valence-electron chi connectivity index (χ0n) is 10.2. The Morgan fingerprint density at radius 3 is 2.26 bits per heavy atom.